The Balaban J connectivity index is 2.03. The molecule has 0 aliphatic rings. The molecule has 1 unspecified atom stereocenters. The fourth-order valence-electron chi connectivity index (χ4n) is 1.09. The summed E-state index contributed by atoms with van der Waals surface area (Å²) in [6.45, 7) is 1.86. The lowest BCUT2D eigenvalue weighted by molar-refractivity contribution is 0.0938. The minimum atomic E-state index is -0.281. The lowest BCUT2D eigenvalue weighted by Gasteiger charge is -2.08. The summed E-state index contributed by atoms with van der Waals surface area (Å²) in [6.07, 6.45) is 1.70. The van der Waals surface area contributed by atoms with Crippen LogP contribution in [-0.2, 0) is 0 Å². The van der Waals surface area contributed by atoms with Crippen molar-refractivity contribution in [3.8, 4) is 0 Å². The zero-order chi connectivity index (χ0) is 11.5. The molecule has 0 radical (unpaired) electrons. The van der Waals surface area contributed by atoms with Gasteiger partial charge >= 0.3 is 0 Å². The second-order valence-electron chi connectivity index (χ2n) is 3.01. The quantitative estimate of drug-likeness (QED) is 0.855. The molecular weight excluding hydrogens is 246 g/mol. The first-order valence-electron chi connectivity index (χ1n) is 4.46. The summed E-state index contributed by atoms with van der Waals surface area (Å²) in [7, 11) is 0. The molecule has 3 N–H and O–H groups in total. The van der Waals surface area contributed by atoms with Crippen LogP contribution in [0.25, 0.3) is 0 Å². The number of anilines is 1. The van der Waals surface area contributed by atoms with E-state index in [0.717, 1.165) is 16.3 Å². The Hall–Kier alpha value is -1.54. The molecule has 1 amide bonds. The number of thiazole rings is 1. The molecule has 0 aliphatic carbocycles. The molecule has 2 rings (SSSR count). The Morgan fingerprint density at radius 1 is 1.56 bits per heavy atom. The number of hydrogen-bond donors (Lipinski definition) is 2. The van der Waals surface area contributed by atoms with Crippen molar-refractivity contribution in [2.24, 2.45) is 0 Å². The van der Waals surface area contributed by atoms with Gasteiger partial charge in [-0.2, -0.15) is 0 Å². The smallest absolute Gasteiger partial charge is 0.282 e. The van der Waals surface area contributed by atoms with Crippen LogP contribution < -0.4 is 11.1 Å². The van der Waals surface area contributed by atoms with Gasteiger partial charge in [-0.1, -0.05) is 11.3 Å². The monoisotopic (exact) mass is 255 g/mol. The Kier molecular flexibility index (Phi) is 3.11. The lowest BCUT2D eigenvalue weighted by Crippen LogP contribution is -2.26. The van der Waals surface area contributed by atoms with Gasteiger partial charge in [0.05, 0.1) is 6.04 Å². The van der Waals surface area contributed by atoms with Crippen LogP contribution in [0.5, 0.6) is 0 Å². The summed E-state index contributed by atoms with van der Waals surface area (Å²) in [5, 5.41) is 13.3. The highest BCUT2D eigenvalue weighted by atomic mass is 32.1. The van der Waals surface area contributed by atoms with Crippen LogP contribution in [-0.4, -0.2) is 21.1 Å². The number of nitrogens with one attached hydrogen (secondary N) is 1. The van der Waals surface area contributed by atoms with Crippen LogP contribution in [0.15, 0.2) is 11.6 Å². The fraction of sp³-hybridized carbons (Fsp3) is 0.250. The highest BCUT2D eigenvalue weighted by molar-refractivity contribution is 7.16. The van der Waals surface area contributed by atoms with E-state index < -0.39 is 0 Å². The molecule has 6 nitrogen and oxygen atoms in total. The van der Waals surface area contributed by atoms with E-state index in [9.17, 15) is 4.79 Å². The Morgan fingerprint density at radius 2 is 2.38 bits per heavy atom. The predicted octanol–water partition coefficient (Wildman–Crippen LogP) is 1.07. The van der Waals surface area contributed by atoms with Gasteiger partial charge in [0.1, 0.15) is 5.01 Å². The molecule has 2 aromatic rings. The van der Waals surface area contributed by atoms with Gasteiger partial charge in [-0.05, 0) is 6.92 Å². The SMILES string of the molecule is CC(NC(=O)c1nnc(N)s1)c1nccs1. The van der Waals surface area contributed by atoms with E-state index in [1.54, 1.807) is 6.20 Å². The number of nitrogens with two attached hydrogens (primary N) is 1. The maximum absolute atomic E-state index is 11.7. The summed E-state index contributed by atoms with van der Waals surface area (Å²) >= 11 is 2.55. The molecule has 8 heteroatoms. The van der Waals surface area contributed by atoms with E-state index in [1.165, 1.54) is 11.3 Å². The minimum absolute atomic E-state index is 0.141. The van der Waals surface area contributed by atoms with Gasteiger partial charge in [0.2, 0.25) is 10.1 Å². The third-order valence-electron chi connectivity index (χ3n) is 1.80. The third kappa shape index (κ3) is 2.34. The highest BCUT2D eigenvalue weighted by Gasteiger charge is 2.16. The molecule has 16 heavy (non-hydrogen) atoms. The maximum Gasteiger partial charge on any atom is 0.282 e. The molecule has 0 spiro atoms. The number of nitrogens with zero attached hydrogens (tertiary/aromatic N) is 3. The van der Waals surface area contributed by atoms with E-state index in [0.29, 0.717) is 0 Å². The van der Waals surface area contributed by atoms with Crippen LogP contribution in [0.3, 0.4) is 0 Å². The molecular formula is C8H9N5OS2. The zero-order valence-corrected chi connectivity index (χ0v) is 10.0. The van der Waals surface area contributed by atoms with Crippen molar-refractivity contribution in [1.29, 1.82) is 0 Å². The minimum Gasteiger partial charge on any atom is -0.374 e. The van der Waals surface area contributed by atoms with Gasteiger partial charge in [0.15, 0.2) is 0 Å². The van der Waals surface area contributed by atoms with Crippen molar-refractivity contribution in [2.45, 2.75) is 13.0 Å². The molecule has 0 fully saturated rings. The second-order valence-corrected chi connectivity index (χ2v) is 4.95. The maximum atomic E-state index is 11.7. The number of rotatable bonds is 3. The van der Waals surface area contributed by atoms with Crippen LogP contribution in [0.2, 0.25) is 0 Å². The molecule has 0 saturated carbocycles. The first-order valence-corrected chi connectivity index (χ1v) is 6.15. The summed E-state index contributed by atoms with van der Waals surface area (Å²) in [6, 6.07) is -0.141. The van der Waals surface area contributed by atoms with Crippen molar-refractivity contribution in [3.63, 3.8) is 0 Å². The lowest BCUT2D eigenvalue weighted by atomic mass is 10.3. The van der Waals surface area contributed by atoms with E-state index in [1.807, 2.05) is 12.3 Å². The Bertz CT molecular complexity index is 480. The van der Waals surface area contributed by atoms with Crippen LogP contribution in [0, 0.1) is 0 Å². The summed E-state index contributed by atoms with van der Waals surface area (Å²) in [5.41, 5.74) is 5.40. The Morgan fingerprint density at radius 3 is 2.94 bits per heavy atom. The fourth-order valence-corrected chi connectivity index (χ4v) is 2.25. The number of carbonyl (C=O) groups excluding carboxylic acids is 1. The summed E-state index contributed by atoms with van der Waals surface area (Å²) in [5.74, 6) is -0.281. The van der Waals surface area contributed by atoms with Crippen LogP contribution >= 0.6 is 22.7 Å². The molecule has 0 bridgehead atoms. The predicted molar refractivity (Wildman–Crippen MR) is 62.3 cm³/mol. The molecule has 84 valence electrons. The standard InChI is InChI=1S/C8H9N5OS2/c1-4(6-10-2-3-15-6)11-5(14)7-12-13-8(9)16-7/h2-4H,1H3,(H2,9,13)(H,11,14). The molecule has 0 saturated heterocycles. The molecule has 0 aliphatic heterocycles. The number of nitrogen functional groups attached to an aromatic ring is 1. The van der Waals surface area contributed by atoms with E-state index in [4.69, 9.17) is 5.73 Å². The molecule has 1 atom stereocenters. The highest BCUT2D eigenvalue weighted by Crippen LogP contribution is 2.16. The molecule has 2 heterocycles. The van der Waals surface area contributed by atoms with Gasteiger partial charge in [0, 0.05) is 11.6 Å². The van der Waals surface area contributed by atoms with Gasteiger partial charge in [-0.3, -0.25) is 4.79 Å². The number of aromatic nitrogens is 3. The third-order valence-corrected chi connectivity index (χ3v) is 3.51. The van der Waals surface area contributed by atoms with Crippen molar-refractivity contribution in [1.82, 2.24) is 20.5 Å². The number of carbonyl (C=O) groups is 1. The summed E-state index contributed by atoms with van der Waals surface area (Å²) < 4.78 is 0. The topological polar surface area (TPSA) is 93.8 Å². The Labute approximate surface area is 99.5 Å². The van der Waals surface area contributed by atoms with Crippen molar-refractivity contribution in [2.75, 3.05) is 5.73 Å². The summed E-state index contributed by atoms with van der Waals surface area (Å²) in [4.78, 5) is 15.8. The number of hydrogen-bond acceptors (Lipinski definition) is 7. The van der Waals surface area contributed by atoms with Crippen molar-refractivity contribution >= 4 is 33.7 Å². The van der Waals surface area contributed by atoms with Gasteiger partial charge < -0.3 is 11.1 Å². The average Bonchev–Trinajstić information content (AvgIpc) is 2.87. The molecule has 2 aromatic heterocycles. The molecule has 0 aromatic carbocycles. The van der Waals surface area contributed by atoms with Crippen molar-refractivity contribution in [3.05, 3.63) is 21.6 Å². The van der Waals surface area contributed by atoms with Crippen molar-refractivity contribution < 1.29 is 4.79 Å². The van der Waals surface area contributed by atoms with Crippen LogP contribution in [0.4, 0.5) is 5.13 Å². The second kappa shape index (κ2) is 4.54. The van der Waals surface area contributed by atoms with Crippen LogP contribution in [0.1, 0.15) is 27.8 Å². The average molecular weight is 255 g/mol. The van der Waals surface area contributed by atoms with Gasteiger partial charge in [0.25, 0.3) is 5.91 Å². The normalized spacial score (nSPS) is 12.3. The first kappa shape index (κ1) is 11.0. The number of amides is 1. The van der Waals surface area contributed by atoms with E-state index >= 15 is 0 Å². The van der Waals surface area contributed by atoms with E-state index in [2.05, 4.69) is 20.5 Å². The van der Waals surface area contributed by atoms with Gasteiger partial charge in [-0.15, -0.1) is 21.5 Å². The largest absolute Gasteiger partial charge is 0.374 e. The van der Waals surface area contributed by atoms with E-state index in [-0.39, 0.29) is 22.1 Å². The van der Waals surface area contributed by atoms with Gasteiger partial charge in [-0.25, -0.2) is 4.98 Å². The first-order chi connectivity index (χ1) is 7.66. The zero-order valence-electron chi connectivity index (χ0n) is 8.38.